The van der Waals surface area contributed by atoms with Crippen LogP contribution in [0.1, 0.15) is 44.1 Å². The highest BCUT2D eigenvalue weighted by atomic mass is 35.5. The second-order valence-corrected chi connectivity index (χ2v) is 16.0. The molecule has 46 heavy (non-hydrogen) atoms. The molecule has 0 radical (unpaired) electrons. The van der Waals surface area contributed by atoms with Crippen molar-refractivity contribution < 1.29 is 28.3 Å². The molecule has 2 aromatic rings. The fourth-order valence-corrected chi connectivity index (χ4v) is 11.6. The van der Waals surface area contributed by atoms with Gasteiger partial charge in [-0.05, 0) is 92.0 Å². The third-order valence-electron chi connectivity index (χ3n) is 11.8. The molecule has 4 saturated carbocycles. The van der Waals surface area contributed by atoms with Gasteiger partial charge in [-0.25, -0.2) is 8.78 Å². The number of aliphatic carboxylic acids is 1. The lowest BCUT2D eigenvalue weighted by Crippen LogP contribution is -2.55. The molecular weight excluding hydrogens is 682 g/mol. The number of amides is 2. The first-order valence-electron chi connectivity index (χ1n) is 15.7. The van der Waals surface area contributed by atoms with Gasteiger partial charge in [-0.1, -0.05) is 46.4 Å². The molecule has 244 valence electrons. The summed E-state index contributed by atoms with van der Waals surface area (Å²) in [6.45, 7) is -0.621. The summed E-state index contributed by atoms with van der Waals surface area (Å²) >= 11 is 25.7. The Hall–Kier alpha value is -2.17. The maximum atomic E-state index is 15.4. The number of anilines is 2. The topological polar surface area (TPSA) is 90.0 Å². The summed E-state index contributed by atoms with van der Waals surface area (Å²) in [5, 5.41) is 14.2. The van der Waals surface area contributed by atoms with Gasteiger partial charge in [0.15, 0.2) is 0 Å². The van der Waals surface area contributed by atoms with E-state index in [1.54, 1.807) is 12.1 Å². The number of carboxylic acid groups (broad SMARTS) is 1. The van der Waals surface area contributed by atoms with E-state index in [9.17, 15) is 14.7 Å². The van der Waals surface area contributed by atoms with Crippen LogP contribution in [-0.4, -0.2) is 52.8 Å². The number of carboxylic acids is 1. The second kappa shape index (κ2) is 10.7. The van der Waals surface area contributed by atoms with Crippen LogP contribution in [0.2, 0.25) is 20.1 Å². The number of benzene rings is 2. The summed E-state index contributed by atoms with van der Waals surface area (Å²) in [5.74, 6) is -7.07. The van der Waals surface area contributed by atoms with Crippen molar-refractivity contribution in [1.82, 2.24) is 4.90 Å². The largest absolute Gasteiger partial charge is 0.481 e. The monoisotopic (exact) mass is 711 g/mol. The van der Waals surface area contributed by atoms with E-state index in [4.69, 9.17) is 46.4 Å². The number of nitrogens with zero attached hydrogens (tertiary/aromatic N) is 2. The Bertz CT molecular complexity index is 1640. The van der Waals surface area contributed by atoms with Crippen molar-refractivity contribution in [1.29, 1.82) is 0 Å². The molecule has 4 atom stereocenters. The molecule has 13 heteroatoms. The zero-order valence-corrected chi connectivity index (χ0v) is 27.5. The Morgan fingerprint density at radius 1 is 0.935 bits per heavy atom. The number of alkyl halides is 2. The minimum absolute atomic E-state index is 0.0474. The highest BCUT2D eigenvalue weighted by Gasteiger charge is 2.75. The summed E-state index contributed by atoms with van der Waals surface area (Å²) in [4.78, 5) is 45.3. The van der Waals surface area contributed by atoms with Crippen LogP contribution in [-0.2, 0) is 19.9 Å². The lowest BCUT2D eigenvalue weighted by Gasteiger charge is -2.55. The normalized spacial score (nSPS) is 36.6. The first kappa shape index (κ1) is 31.1. The molecule has 7 aliphatic rings. The van der Waals surface area contributed by atoms with Gasteiger partial charge in [0.25, 0.3) is 11.8 Å². The van der Waals surface area contributed by atoms with E-state index in [1.807, 2.05) is 0 Å². The van der Waals surface area contributed by atoms with Crippen molar-refractivity contribution in [2.75, 3.05) is 23.3 Å². The molecule has 3 aliphatic heterocycles. The molecule has 9 rings (SSSR count). The fourth-order valence-electron chi connectivity index (χ4n) is 10.5. The molecule has 0 aromatic heterocycles. The molecular formula is C33H31Cl4F2N3O4. The van der Waals surface area contributed by atoms with Crippen molar-refractivity contribution in [2.45, 2.75) is 56.0 Å². The van der Waals surface area contributed by atoms with Crippen molar-refractivity contribution in [3.63, 3.8) is 0 Å². The lowest BCUT2D eigenvalue weighted by molar-refractivity contribution is -0.153. The highest BCUT2D eigenvalue weighted by Crippen LogP contribution is 2.62. The first-order valence-corrected chi connectivity index (χ1v) is 17.2. The van der Waals surface area contributed by atoms with E-state index in [1.165, 1.54) is 34.4 Å². The number of halogens is 6. The average molecular weight is 713 g/mol. The van der Waals surface area contributed by atoms with Crippen LogP contribution in [0.5, 0.6) is 0 Å². The molecule has 2 saturated heterocycles. The Labute approximate surface area is 284 Å². The summed E-state index contributed by atoms with van der Waals surface area (Å²) in [5.41, 5.74) is -1.57. The molecule has 6 fully saturated rings. The average Bonchev–Trinajstić information content (AvgIpc) is 3.52. The number of carbonyl (C=O) groups excluding carboxylic acids is 2. The maximum Gasteiger partial charge on any atom is 0.310 e. The molecule has 4 bridgehead atoms. The molecule has 2 amide bonds. The summed E-state index contributed by atoms with van der Waals surface area (Å²) in [7, 11) is 0. The number of fused-ring (bicyclic) bond motifs is 4. The van der Waals surface area contributed by atoms with Crippen LogP contribution in [0, 0.1) is 41.4 Å². The van der Waals surface area contributed by atoms with Crippen LogP contribution >= 0.6 is 46.4 Å². The lowest BCUT2D eigenvalue weighted by atomic mass is 9.52. The number of nitrogens with one attached hydrogen (secondary N) is 1. The molecule has 0 unspecified atom stereocenters. The Morgan fingerprint density at radius 3 is 2.15 bits per heavy atom. The zero-order valence-electron chi connectivity index (χ0n) is 24.5. The van der Waals surface area contributed by atoms with Gasteiger partial charge in [0.05, 0.1) is 23.2 Å². The summed E-state index contributed by atoms with van der Waals surface area (Å²) in [6, 6.07) is 6.25. The van der Waals surface area contributed by atoms with Gasteiger partial charge in [0.1, 0.15) is 11.5 Å². The van der Waals surface area contributed by atoms with Crippen LogP contribution in [0.25, 0.3) is 0 Å². The maximum absolute atomic E-state index is 15.4. The molecule has 4 aliphatic carbocycles. The molecule has 3 heterocycles. The smallest absolute Gasteiger partial charge is 0.310 e. The predicted octanol–water partition coefficient (Wildman–Crippen LogP) is 7.59. The number of hydrogen-bond acceptors (Lipinski definition) is 4. The number of rotatable bonds is 5. The second-order valence-electron chi connectivity index (χ2n) is 14.3. The van der Waals surface area contributed by atoms with E-state index < -0.39 is 60.1 Å². The standard InChI is InChI=1S/C33H31Cl4F2N3O4/c34-18-6-19(35)8-21(7-18)41(12-22-16-2-14-1-15(4-16)5-17(22)3-14)29(43)26-25-11-32(38,39)13-42(25)33(27(26)30(44)45)23-9-20(36)10-24(37)28(23)40-31(33)46/h6-10,14-17,22,25-27H,1-5,11-13H2,(H,40,46)(H,44,45)/t14?,15?,16?,17?,22?,25-,26+,27-,33+/m1/s1. The first-order chi connectivity index (χ1) is 21.8. The van der Waals surface area contributed by atoms with Crippen molar-refractivity contribution in [3.8, 4) is 0 Å². The third kappa shape index (κ3) is 4.55. The fraction of sp³-hybridized carbons (Fsp3) is 0.545. The van der Waals surface area contributed by atoms with Gasteiger partial charge < -0.3 is 15.3 Å². The van der Waals surface area contributed by atoms with Gasteiger partial charge in [-0.15, -0.1) is 0 Å². The SMILES string of the molecule is O=C(O)[C@H]1[C@@H](C(=O)N(CC2C3CC4CC(C3)CC2C4)c2cc(Cl)cc(Cl)c2)[C@H]2CC(F)(F)CN2[C@]12C(=O)Nc1c(Cl)cc(Cl)cc12. The van der Waals surface area contributed by atoms with E-state index in [-0.39, 0.29) is 43.8 Å². The van der Waals surface area contributed by atoms with Crippen molar-refractivity contribution in [2.24, 2.45) is 41.4 Å². The van der Waals surface area contributed by atoms with E-state index in [0.29, 0.717) is 29.4 Å². The number of hydrogen-bond donors (Lipinski definition) is 2. The third-order valence-corrected chi connectivity index (χ3v) is 12.8. The van der Waals surface area contributed by atoms with Crippen LogP contribution in [0.15, 0.2) is 30.3 Å². The van der Waals surface area contributed by atoms with E-state index in [2.05, 4.69) is 5.32 Å². The van der Waals surface area contributed by atoms with Gasteiger partial charge in [0, 0.05) is 45.3 Å². The quantitative estimate of drug-likeness (QED) is 0.334. The molecule has 7 nitrogen and oxygen atoms in total. The molecule has 2 N–H and O–H groups in total. The summed E-state index contributed by atoms with van der Waals surface area (Å²) < 4.78 is 30.8. The molecule has 1 spiro atoms. The minimum Gasteiger partial charge on any atom is -0.481 e. The van der Waals surface area contributed by atoms with E-state index >= 15 is 13.6 Å². The van der Waals surface area contributed by atoms with Gasteiger partial charge >= 0.3 is 5.97 Å². The zero-order chi connectivity index (χ0) is 32.4. The highest BCUT2D eigenvalue weighted by molar-refractivity contribution is 6.38. The molecule has 2 aromatic carbocycles. The van der Waals surface area contributed by atoms with Gasteiger partial charge in [0.2, 0.25) is 5.91 Å². The Kier molecular flexibility index (Phi) is 7.21. The van der Waals surface area contributed by atoms with Gasteiger partial charge in [-0.2, -0.15) is 0 Å². The predicted molar refractivity (Wildman–Crippen MR) is 171 cm³/mol. The Balaban J connectivity index is 1.27. The van der Waals surface area contributed by atoms with Crippen LogP contribution < -0.4 is 10.2 Å². The van der Waals surface area contributed by atoms with Crippen molar-refractivity contribution in [3.05, 3.63) is 56.0 Å². The van der Waals surface area contributed by atoms with Gasteiger partial charge in [-0.3, -0.25) is 19.3 Å². The number of carbonyl (C=O) groups is 3. The van der Waals surface area contributed by atoms with Crippen LogP contribution in [0.4, 0.5) is 20.2 Å². The Morgan fingerprint density at radius 2 is 1.54 bits per heavy atom. The van der Waals surface area contributed by atoms with E-state index in [0.717, 1.165) is 25.7 Å². The summed E-state index contributed by atoms with van der Waals surface area (Å²) in [6.07, 6.45) is 4.81. The minimum atomic E-state index is -3.28. The van der Waals surface area contributed by atoms with Crippen LogP contribution in [0.3, 0.4) is 0 Å². The van der Waals surface area contributed by atoms with Crippen molar-refractivity contribution >= 4 is 75.6 Å².